The number of aryl methyl sites for hydroxylation is 1. The van der Waals surface area contributed by atoms with Crippen molar-refractivity contribution in [2.75, 3.05) is 0 Å². The summed E-state index contributed by atoms with van der Waals surface area (Å²) in [7, 11) is 0.644. The van der Waals surface area contributed by atoms with E-state index in [0.717, 1.165) is 0 Å². The van der Waals surface area contributed by atoms with Gasteiger partial charge in [-0.15, -0.1) is 0 Å². The number of hydrogen-bond acceptors (Lipinski definition) is 1. The Morgan fingerprint density at radius 1 is 0.667 bits per heavy atom. The minimum atomic E-state index is -0.544. The third kappa shape index (κ3) is 2.62. The van der Waals surface area contributed by atoms with E-state index < -0.39 is 5.60 Å². The lowest BCUT2D eigenvalue weighted by Gasteiger charge is -2.37. The van der Waals surface area contributed by atoms with E-state index in [-0.39, 0.29) is 0 Å². The summed E-state index contributed by atoms with van der Waals surface area (Å²) in [6.07, 6.45) is 0. The minimum Gasteiger partial charge on any atom is -0.411 e. The van der Waals surface area contributed by atoms with Crippen molar-refractivity contribution in [2.45, 2.75) is 26.4 Å². The minimum absolute atomic E-state index is 0.544. The van der Waals surface area contributed by atoms with Crippen LogP contribution in [0.3, 0.4) is 0 Å². The zero-order valence-electron chi connectivity index (χ0n) is 14.8. The van der Waals surface area contributed by atoms with Crippen LogP contribution < -0.4 is 0 Å². The smallest absolute Gasteiger partial charge is 0.148 e. The zero-order valence-corrected chi connectivity index (χ0v) is 16.8. The molecule has 2 heteroatoms. The van der Waals surface area contributed by atoms with E-state index in [1.807, 2.05) is 0 Å². The Bertz CT molecular complexity index is 786. The molecule has 0 radical (unpaired) electrons. The molecule has 3 aromatic carbocycles. The van der Waals surface area contributed by atoms with Gasteiger partial charge in [0.25, 0.3) is 0 Å². The Morgan fingerprint density at radius 2 is 1.17 bits per heavy atom. The van der Waals surface area contributed by atoms with Gasteiger partial charge < -0.3 is 4.43 Å². The van der Waals surface area contributed by atoms with Gasteiger partial charge in [0, 0.05) is 0 Å². The highest BCUT2D eigenvalue weighted by Crippen LogP contribution is 2.42. The van der Waals surface area contributed by atoms with Crippen molar-refractivity contribution < 1.29 is 4.43 Å². The van der Waals surface area contributed by atoms with Gasteiger partial charge in [0.1, 0.15) is 16.1 Å². The van der Waals surface area contributed by atoms with E-state index in [1.54, 1.807) is 0 Å². The molecular weight excluding hydrogens is 308 g/mol. The molecule has 0 spiro atoms. The fraction of sp³-hybridized carbons (Fsp3) is 0.182. The van der Waals surface area contributed by atoms with Crippen molar-refractivity contribution in [3.8, 4) is 0 Å². The third-order valence-electron chi connectivity index (χ3n) is 5.10. The van der Waals surface area contributed by atoms with Crippen molar-refractivity contribution in [3.63, 3.8) is 0 Å². The van der Waals surface area contributed by atoms with Gasteiger partial charge in [-0.1, -0.05) is 72.8 Å². The summed E-state index contributed by atoms with van der Waals surface area (Å²) in [6, 6.07) is 25.6. The molecule has 3 aromatic rings. The molecule has 3 rings (SSSR count). The van der Waals surface area contributed by atoms with Crippen LogP contribution in [0.2, 0.25) is 0 Å². The molecule has 0 N–H and O–H groups in total. The van der Waals surface area contributed by atoms with Gasteiger partial charge >= 0.3 is 0 Å². The average molecular weight is 333 g/mol. The molecule has 0 aliphatic rings. The fourth-order valence-corrected chi connectivity index (χ4v) is 4.20. The number of benzene rings is 3. The lowest BCUT2D eigenvalue weighted by atomic mass is 9.77. The molecule has 0 heterocycles. The third-order valence-corrected chi connectivity index (χ3v) is 5.72. The molecule has 0 aliphatic carbocycles. The Hall–Kier alpha value is -2.16. The second-order valence-electron chi connectivity index (χ2n) is 6.30. The number of rotatable bonds is 4. The van der Waals surface area contributed by atoms with Crippen LogP contribution in [0.4, 0.5) is 0 Å². The quantitative estimate of drug-likeness (QED) is 0.514. The Kier molecular flexibility index (Phi) is 4.70. The van der Waals surface area contributed by atoms with Crippen molar-refractivity contribution in [3.05, 3.63) is 106 Å². The normalized spacial score (nSPS) is 11.6. The van der Waals surface area contributed by atoms with Crippen LogP contribution in [0.25, 0.3) is 0 Å². The summed E-state index contributed by atoms with van der Waals surface area (Å²) >= 11 is 0. The summed E-state index contributed by atoms with van der Waals surface area (Å²) in [5.74, 6) is 0. The van der Waals surface area contributed by atoms with Crippen LogP contribution in [0.1, 0.15) is 33.4 Å². The van der Waals surface area contributed by atoms with Gasteiger partial charge in [0.2, 0.25) is 0 Å². The van der Waals surface area contributed by atoms with Crippen molar-refractivity contribution >= 4 is 10.5 Å². The lowest BCUT2D eigenvalue weighted by Crippen LogP contribution is -2.33. The first-order valence-corrected chi connectivity index (χ1v) is 9.16. The monoisotopic (exact) mass is 332 g/mol. The van der Waals surface area contributed by atoms with Gasteiger partial charge in [-0.3, -0.25) is 0 Å². The van der Waals surface area contributed by atoms with E-state index in [2.05, 4.69) is 93.6 Å². The standard InChI is InChI=1S/C22H24OSi/c1-16-14-15-21(18(3)17(16)2)22(23-24,19-10-6-4-7-11-19)20-12-8-5-9-13-20/h4-15H,1-3,24H3. The van der Waals surface area contributed by atoms with Crippen LogP contribution in [-0.2, 0) is 10.0 Å². The molecule has 1 nitrogen and oxygen atoms in total. The lowest BCUT2D eigenvalue weighted by molar-refractivity contribution is 0.172. The topological polar surface area (TPSA) is 9.23 Å². The molecule has 0 bridgehead atoms. The predicted molar refractivity (Wildman–Crippen MR) is 104 cm³/mol. The Labute approximate surface area is 147 Å². The molecule has 0 fully saturated rings. The Balaban J connectivity index is 2.37. The van der Waals surface area contributed by atoms with Crippen LogP contribution in [-0.4, -0.2) is 10.5 Å². The van der Waals surface area contributed by atoms with Crippen LogP contribution >= 0.6 is 0 Å². The van der Waals surface area contributed by atoms with Gasteiger partial charge in [-0.25, -0.2) is 0 Å². The van der Waals surface area contributed by atoms with Crippen molar-refractivity contribution in [1.82, 2.24) is 0 Å². The molecule has 24 heavy (non-hydrogen) atoms. The predicted octanol–water partition coefficient (Wildman–Crippen LogP) is 4.20. The summed E-state index contributed by atoms with van der Waals surface area (Å²) in [4.78, 5) is 0. The fourth-order valence-electron chi connectivity index (χ4n) is 3.51. The number of hydrogen-bond donors (Lipinski definition) is 0. The summed E-state index contributed by atoms with van der Waals surface area (Å²) in [5.41, 5.74) is 7.01. The van der Waals surface area contributed by atoms with Gasteiger partial charge in [0.15, 0.2) is 0 Å². The molecular formula is C22H24OSi. The van der Waals surface area contributed by atoms with Crippen LogP contribution in [0.15, 0.2) is 72.8 Å². The van der Waals surface area contributed by atoms with E-state index >= 15 is 0 Å². The molecule has 0 amide bonds. The maximum absolute atomic E-state index is 6.41. The van der Waals surface area contributed by atoms with E-state index in [4.69, 9.17) is 4.43 Å². The summed E-state index contributed by atoms with van der Waals surface area (Å²) < 4.78 is 6.41. The van der Waals surface area contributed by atoms with Gasteiger partial charge in [-0.05, 0) is 54.2 Å². The zero-order chi connectivity index (χ0) is 17.2. The molecule has 0 saturated carbocycles. The van der Waals surface area contributed by atoms with Crippen molar-refractivity contribution in [2.24, 2.45) is 0 Å². The molecule has 0 aliphatic heterocycles. The molecule has 122 valence electrons. The first-order valence-electron chi connectivity index (χ1n) is 8.34. The van der Waals surface area contributed by atoms with E-state index in [1.165, 1.54) is 33.4 Å². The first kappa shape index (κ1) is 16.7. The second kappa shape index (κ2) is 6.76. The van der Waals surface area contributed by atoms with E-state index in [9.17, 15) is 0 Å². The first-order chi connectivity index (χ1) is 11.6. The summed E-state index contributed by atoms with van der Waals surface area (Å²) in [6.45, 7) is 6.57. The summed E-state index contributed by atoms with van der Waals surface area (Å²) in [5, 5.41) is 0. The Morgan fingerprint density at radius 3 is 1.62 bits per heavy atom. The highest BCUT2D eigenvalue weighted by atomic mass is 28.2. The maximum atomic E-state index is 6.41. The second-order valence-corrected chi connectivity index (χ2v) is 6.71. The van der Waals surface area contributed by atoms with Gasteiger partial charge in [-0.2, -0.15) is 0 Å². The molecule has 0 saturated heterocycles. The average Bonchev–Trinajstić information content (AvgIpc) is 2.64. The van der Waals surface area contributed by atoms with Crippen molar-refractivity contribution in [1.29, 1.82) is 0 Å². The van der Waals surface area contributed by atoms with Gasteiger partial charge in [0.05, 0.1) is 0 Å². The SMILES string of the molecule is Cc1ccc(C(O[SiH3])(c2ccccc2)c2ccccc2)c(C)c1C. The van der Waals surface area contributed by atoms with E-state index in [0.29, 0.717) is 10.5 Å². The molecule has 0 atom stereocenters. The van der Waals surface area contributed by atoms with Crippen LogP contribution in [0.5, 0.6) is 0 Å². The molecule has 0 aromatic heterocycles. The van der Waals surface area contributed by atoms with Crippen LogP contribution in [0, 0.1) is 20.8 Å². The highest BCUT2D eigenvalue weighted by Gasteiger charge is 2.37. The highest BCUT2D eigenvalue weighted by molar-refractivity contribution is 5.99. The largest absolute Gasteiger partial charge is 0.411 e. The molecule has 0 unspecified atom stereocenters. The maximum Gasteiger partial charge on any atom is 0.148 e.